The minimum atomic E-state index is -0.428. The van der Waals surface area contributed by atoms with Crippen LogP contribution >= 0.6 is 0 Å². The summed E-state index contributed by atoms with van der Waals surface area (Å²) in [6, 6.07) is 10.9. The fourth-order valence-corrected chi connectivity index (χ4v) is 3.09. The number of nitrogens with two attached hydrogens (primary N) is 1. The third-order valence-electron chi connectivity index (χ3n) is 4.36. The minimum absolute atomic E-state index is 0.102. The van der Waals surface area contributed by atoms with Gasteiger partial charge in [-0.05, 0) is 29.1 Å². The number of aromatic nitrogens is 3. The lowest BCUT2D eigenvalue weighted by Crippen LogP contribution is -2.13. The van der Waals surface area contributed by atoms with Crippen molar-refractivity contribution in [3.05, 3.63) is 70.8 Å². The zero-order valence-electron chi connectivity index (χ0n) is 14.1. The molecule has 2 aromatic heterocycles. The van der Waals surface area contributed by atoms with Crippen LogP contribution < -0.4 is 11.2 Å². The maximum atomic E-state index is 13.1. The number of nitrogens with zero attached hydrogens (tertiary/aromatic N) is 3. The molecule has 0 saturated heterocycles. The summed E-state index contributed by atoms with van der Waals surface area (Å²) >= 11 is 0. The van der Waals surface area contributed by atoms with E-state index in [1.165, 1.54) is 0 Å². The average molecular weight is 344 g/mol. The Morgan fingerprint density at radius 2 is 1.88 bits per heavy atom. The maximum Gasteiger partial charge on any atom is 0.221 e. The predicted octanol–water partition coefficient (Wildman–Crippen LogP) is 2.18. The molecule has 0 atom stereocenters. The van der Waals surface area contributed by atoms with Crippen molar-refractivity contribution in [3.63, 3.8) is 0 Å². The average Bonchev–Trinajstić information content (AvgIpc) is 3.00. The van der Waals surface area contributed by atoms with E-state index in [0.29, 0.717) is 16.3 Å². The van der Waals surface area contributed by atoms with Crippen LogP contribution in [0.5, 0.6) is 0 Å². The van der Waals surface area contributed by atoms with Crippen LogP contribution in [0.3, 0.4) is 0 Å². The van der Waals surface area contributed by atoms with Crippen LogP contribution in [0, 0.1) is 0 Å². The van der Waals surface area contributed by atoms with E-state index in [1.54, 1.807) is 23.1 Å². The van der Waals surface area contributed by atoms with Gasteiger partial charge in [0.2, 0.25) is 5.91 Å². The van der Waals surface area contributed by atoms with Crippen molar-refractivity contribution in [3.8, 4) is 11.1 Å². The van der Waals surface area contributed by atoms with Crippen molar-refractivity contribution < 1.29 is 4.79 Å². The number of primary amides is 1. The van der Waals surface area contributed by atoms with Crippen molar-refractivity contribution in [2.75, 3.05) is 0 Å². The van der Waals surface area contributed by atoms with Crippen LogP contribution in [0.2, 0.25) is 0 Å². The second-order valence-electron chi connectivity index (χ2n) is 6.29. The number of aryl methyl sites for hydroxylation is 1. The number of carbonyl (C=O) groups is 1. The Morgan fingerprint density at radius 3 is 2.62 bits per heavy atom. The van der Waals surface area contributed by atoms with E-state index in [4.69, 9.17) is 5.73 Å². The molecule has 0 bridgehead atoms. The first-order valence-corrected chi connectivity index (χ1v) is 8.14. The Morgan fingerprint density at radius 1 is 1.08 bits per heavy atom. The zero-order chi connectivity index (χ0) is 18.3. The van der Waals surface area contributed by atoms with Gasteiger partial charge in [-0.25, -0.2) is 0 Å². The normalized spacial score (nSPS) is 11.1. The van der Waals surface area contributed by atoms with Crippen LogP contribution in [0.25, 0.3) is 32.8 Å². The van der Waals surface area contributed by atoms with E-state index in [0.717, 1.165) is 22.1 Å². The van der Waals surface area contributed by atoms with Gasteiger partial charge >= 0.3 is 0 Å². The lowest BCUT2D eigenvalue weighted by molar-refractivity contribution is -0.117. The van der Waals surface area contributed by atoms with Crippen LogP contribution in [0.15, 0.2) is 59.8 Å². The molecule has 0 saturated carbocycles. The summed E-state index contributed by atoms with van der Waals surface area (Å²) in [6.45, 7) is 0. The Bertz CT molecular complexity index is 1230. The Balaban J connectivity index is 1.99. The van der Waals surface area contributed by atoms with E-state index in [1.807, 2.05) is 43.6 Å². The van der Waals surface area contributed by atoms with Gasteiger partial charge in [-0.2, -0.15) is 5.10 Å². The minimum Gasteiger partial charge on any atom is -0.369 e. The predicted molar refractivity (Wildman–Crippen MR) is 101 cm³/mol. The second kappa shape index (κ2) is 6.07. The molecule has 0 spiro atoms. The Labute approximate surface area is 148 Å². The first-order valence-electron chi connectivity index (χ1n) is 8.14. The fraction of sp³-hybridized carbons (Fsp3) is 0.100. The third-order valence-corrected chi connectivity index (χ3v) is 4.36. The molecule has 0 unspecified atom stereocenters. The fourth-order valence-electron chi connectivity index (χ4n) is 3.09. The molecule has 4 rings (SSSR count). The van der Waals surface area contributed by atoms with Gasteiger partial charge < -0.3 is 5.73 Å². The van der Waals surface area contributed by atoms with Gasteiger partial charge in [-0.3, -0.25) is 19.3 Å². The van der Waals surface area contributed by atoms with Gasteiger partial charge in [0, 0.05) is 41.3 Å². The summed E-state index contributed by atoms with van der Waals surface area (Å²) < 4.78 is 1.70. The highest BCUT2D eigenvalue weighted by molar-refractivity contribution is 5.93. The molecule has 0 aliphatic heterocycles. The molecule has 26 heavy (non-hydrogen) atoms. The van der Waals surface area contributed by atoms with Crippen LogP contribution in [-0.2, 0) is 18.3 Å². The molecule has 0 radical (unpaired) electrons. The van der Waals surface area contributed by atoms with Gasteiger partial charge in [0.25, 0.3) is 0 Å². The molecule has 0 aliphatic rings. The van der Waals surface area contributed by atoms with Gasteiger partial charge in [-0.1, -0.05) is 18.2 Å². The Hall–Kier alpha value is -3.54. The Kier molecular flexibility index (Phi) is 3.73. The number of rotatable bonds is 3. The quantitative estimate of drug-likeness (QED) is 0.617. The van der Waals surface area contributed by atoms with Gasteiger partial charge in [0.15, 0.2) is 5.43 Å². The number of hydrogen-bond donors (Lipinski definition) is 1. The number of amides is 1. The highest BCUT2D eigenvalue weighted by Crippen LogP contribution is 2.22. The summed E-state index contributed by atoms with van der Waals surface area (Å²) in [5, 5.41) is 6.03. The van der Waals surface area contributed by atoms with E-state index in [-0.39, 0.29) is 11.8 Å². The van der Waals surface area contributed by atoms with Crippen molar-refractivity contribution in [2.45, 2.75) is 6.42 Å². The molecular formula is C20H16N4O2. The summed E-state index contributed by atoms with van der Waals surface area (Å²) in [5.41, 5.74) is 8.22. The smallest absolute Gasteiger partial charge is 0.221 e. The number of pyridine rings is 1. The molecule has 2 N–H and O–H groups in total. The summed E-state index contributed by atoms with van der Waals surface area (Å²) in [7, 11) is 1.84. The third kappa shape index (κ3) is 2.82. The van der Waals surface area contributed by atoms with Gasteiger partial charge in [-0.15, -0.1) is 0 Å². The van der Waals surface area contributed by atoms with E-state index >= 15 is 0 Å². The molecule has 6 heteroatoms. The maximum absolute atomic E-state index is 13.1. The molecule has 6 nitrogen and oxygen atoms in total. The van der Waals surface area contributed by atoms with Gasteiger partial charge in [0.05, 0.1) is 18.1 Å². The topological polar surface area (TPSA) is 90.9 Å². The van der Waals surface area contributed by atoms with Crippen molar-refractivity contribution in [1.29, 1.82) is 0 Å². The van der Waals surface area contributed by atoms with Crippen LogP contribution in [0.1, 0.15) is 5.56 Å². The van der Waals surface area contributed by atoms with E-state index < -0.39 is 5.91 Å². The number of fused-ring (bicyclic) bond motifs is 2. The number of benzene rings is 1. The molecule has 0 aliphatic carbocycles. The molecule has 2 heterocycles. The first-order chi connectivity index (χ1) is 12.5. The molecule has 0 fully saturated rings. The van der Waals surface area contributed by atoms with Gasteiger partial charge in [0.1, 0.15) is 0 Å². The largest absolute Gasteiger partial charge is 0.369 e. The molecule has 2 aromatic carbocycles. The highest BCUT2D eigenvalue weighted by atomic mass is 16.1. The SMILES string of the molecule is Cn1cc(-c2cnc3ccc4ccc(CC(N)=O)cc4c(=O)c3c2)cn1. The molecule has 128 valence electrons. The zero-order valence-corrected chi connectivity index (χ0v) is 14.1. The summed E-state index contributed by atoms with van der Waals surface area (Å²) in [4.78, 5) is 28.8. The lowest BCUT2D eigenvalue weighted by atomic mass is 10.1. The summed E-state index contributed by atoms with van der Waals surface area (Å²) in [6.07, 6.45) is 5.45. The molecule has 4 aromatic rings. The lowest BCUT2D eigenvalue weighted by Gasteiger charge is -2.00. The summed E-state index contributed by atoms with van der Waals surface area (Å²) in [5.74, 6) is -0.428. The highest BCUT2D eigenvalue weighted by Gasteiger charge is 2.08. The molecular weight excluding hydrogens is 328 g/mol. The number of hydrogen-bond acceptors (Lipinski definition) is 4. The van der Waals surface area contributed by atoms with Crippen molar-refractivity contribution >= 4 is 27.6 Å². The first kappa shape index (κ1) is 16.0. The second-order valence-corrected chi connectivity index (χ2v) is 6.29. The van der Waals surface area contributed by atoms with E-state index in [2.05, 4.69) is 10.1 Å². The van der Waals surface area contributed by atoms with Crippen LogP contribution in [0.4, 0.5) is 0 Å². The monoisotopic (exact) mass is 344 g/mol. The van der Waals surface area contributed by atoms with Crippen molar-refractivity contribution in [1.82, 2.24) is 14.8 Å². The van der Waals surface area contributed by atoms with E-state index in [9.17, 15) is 9.59 Å². The van der Waals surface area contributed by atoms with Crippen molar-refractivity contribution in [2.24, 2.45) is 12.8 Å². The molecule has 1 amide bonds. The number of carbonyl (C=O) groups excluding carboxylic acids is 1. The van der Waals surface area contributed by atoms with Crippen LogP contribution in [-0.4, -0.2) is 20.7 Å². The standard InChI is InChI=1S/C20H16N4O2/c1-24-11-15(10-23-24)14-8-17-18(22-9-14)5-4-13-3-2-12(7-19(21)25)6-16(13)20(17)26/h2-6,8-11H,7H2,1H3,(H2,21,25).